The maximum Gasteiger partial charge on any atom is 0.405 e. The number of hydrogen-bond donors (Lipinski definition) is 0. The highest BCUT2D eigenvalue weighted by Crippen LogP contribution is 2.35. The van der Waals surface area contributed by atoms with Gasteiger partial charge in [-0.2, -0.15) is 13.2 Å². The molecule has 0 radical (unpaired) electrons. The van der Waals surface area contributed by atoms with Gasteiger partial charge in [0.2, 0.25) is 0 Å². The van der Waals surface area contributed by atoms with Crippen molar-refractivity contribution in [2.24, 2.45) is 0 Å². The van der Waals surface area contributed by atoms with Gasteiger partial charge in [-0.15, -0.1) is 0 Å². The Labute approximate surface area is 90.4 Å². The first-order chi connectivity index (χ1) is 6.97. The Kier molecular flexibility index (Phi) is 2.64. The standard InChI is InChI=1S/C10H9ClF3N/c11-8-3-1-7(2-4-8)5-15-6-9(15)10(12,13)14/h1-4,9H,5-6H2. The fraction of sp³-hybridized carbons (Fsp3) is 0.400. The van der Waals surface area contributed by atoms with Gasteiger partial charge in [0.05, 0.1) is 0 Å². The molecule has 0 aliphatic carbocycles. The van der Waals surface area contributed by atoms with Crippen LogP contribution in [-0.4, -0.2) is 23.7 Å². The molecule has 15 heavy (non-hydrogen) atoms. The Balaban J connectivity index is 1.93. The van der Waals surface area contributed by atoms with Crippen molar-refractivity contribution >= 4 is 11.6 Å². The molecule has 1 aromatic carbocycles. The zero-order valence-electron chi connectivity index (χ0n) is 7.76. The smallest absolute Gasteiger partial charge is 0.285 e. The van der Waals surface area contributed by atoms with Crippen molar-refractivity contribution in [2.75, 3.05) is 6.54 Å². The summed E-state index contributed by atoms with van der Waals surface area (Å²) in [6.45, 7) is 0.438. The summed E-state index contributed by atoms with van der Waals surface area (Å²) >= 11 is 5.67. The van der Waals surface area contributed by atoms with E-state index >= 15 is 0 Å². The van der Waals surface area contributed by atoms with Crippen molar-refractivity contribution in [3.05, 3.63) is 34.9 Å². The van der Waals surface area contributed by atoms with Crippen LogP contribution in [0.4, 0.5) is 13.2 Å². The number of rotatable bonds is 2. The molecule has 1 aliphatic rings. The molecule has 1 nitrogen and oxygen atoms in total. The van der Waals surface area contributed by atoms with Crippen LogP contribution in [0.15, 0.2) is 24.3 Å². The number of benzene rings is 1. The molecule has 2 atom stereocenters. The summed E-state index contributed by atoms with van der Waals surface area (Å²) in [6, 6.07) is 5.60. The minimum Gasteiger partial charge on any atom is -0.285 e. The number of nitrogens with zero attached hydrogens (tertiary/aromatic N) is 1. The van der Waals surface area contributed by atoms with Crippen LogP contribution in [0.1, 0.15) is 5.56 Å². The van der Waals surface area contributed by atoms with Crippen molar-refractivity contribution in [1.29, 1.82) is 0 Å². The number of halogens is 4. The van der Waals surface area contributed by atoms with Crippen molar-refractivity contribution in [1.82, 2.24) is 4.90 Å². The van der Waals surface area contributed by atoms with E-state index in [1.54, 1.807) is 24.3 Å². The van der Waals surface area contributed by atoms with E-state index in [9.17, 15) is 13.2 Å². The molecule has 1 fully saturated rings. The molecule has 1 aromatic rings. The third kappa shape index (κ3) is 2.63. The lowest BCUT2D eigenvalue weighted by Crippen LogP contribution is -2.20. The third-order valence-corrected chi connectivity index (χ3v) is 2.64. The molecule has 0 N–H and O–H groups in total. The van der Waals surface area contributed by atoms with E-state index in [2.05, 4.69) is 0 Å². The molecular formula is C10H9ClF3N. The van der Waals surface area contributed by atoms with Crippen LogP contribution < -0.4 is 0 Å². The van der Waals surface area contributed by atoms with Crippen LogP contribution in [0, 0.1) is 0 Å². The van der Waals surface area contributed by atoms with E-state index in [1.165, 1.54) is 4.90 Å². The summed E-state index contributed by atoms with van der Waals surface area (Å²) in [5, 5.41) is 0.594. The van der Waals surface area contributed by atoms with Gasteiger partial charge in [0.1, 0.15) is 6.04 Å². The summed E-state index contributed by atoms with van der Waals surface area (Å²) in [7, 11) is 0. The molecule has 82 valence electrons. The monoisotopic (exact) mass is 235 g/mol. The number of alkyl halides is 3. The molecule has 1 aliphatic heterocycles. The Hall–Kier alpha value is -0.740. The van der Waals surface area contributed by atoms with Gasteiger partial charge >= 0.3 is 6.18 Å². The van der Waals surface area contributed by atoms with E-state index in [0.29, 0.717) is 11.6 Å². The highest BCUT2D eigenvalue weighted by atomic mass is 35.5. The third-order valence-electron chi connectivity index (χ3n) is 2.39. The molecule has 1 saturated heterocycles. The van der Waals surface area contributed by atoms with Gasteiger partial charge in [0.15, 0.2) is 0 Å². The second-order valence-electron chi connectivity index (χ2n) is 3.61. The Bertz CT molecular complexity index is 347. The molecule has 2 rings (SSSR count). The van der Waals surface area contributed by atoms with E-state index in [1.807, 2.05) is 0 Å². The molecule has 5 heteroatoms. The normalized spacial score (nSPS) is 25.3. The highest BCUT2D eigenvalue weighted by molar-refractivity contribution is 6.30. The lowest BCUT2D eigenvalue weighted by Gasteiger charge is -2.07. The molecule has 2 unspecified atom stereocenters. The summed E-state index contributed by atoms with van der Waals surface area (Å²) < 4.78 is 36.6. The SMILES string of the molecule is FC(F)(F)C1CN1Cc1ccc(Cl)cc1. The maximum absolute atomic E-state index is 12.2. The first kappa shape index (κ1) is 10.8. The molecule has 0 amide bonds. The molecule has 0 spiro atoms. The van der Waals surface area contributed by atoms with Gasteiger partial charge in [-0.1, -0.05) is 23.7 Å². The molecular weight excluding hydrogens is 227 g/mol. The fourth-order valence-electron chi connectivity index (χ4n) is 1.48. The van der Waals surface area contributed by atoms with Gasteiger partial charge in [-0.3, -0.25) is 4.90 Å². The quantitative estimate of drug-likeness (QED) is 0.712. The second kappa shape index (κ2) is 3.68. The highest BCUT2D eigenvalue weighted by Gasteiger charge is 2.53. The lowest BCUT2D eigenvalue weighted by atomic mass is 10.2. The average molecular weight is 236 g/mol. The molecule has 1 heterocycles. The van der Waals surface area contributed by atoms with Crippen LogP contribution >= 0.6 is 11.6 Å². The summed E-state index contributed by atoms with van der Waals surface area (Å²) in [6.07, 6.45) is -4.09. The summed E-state index contributed by atoms with van der Waals surface area (Å²) in [4.78, 5) is 1.38. The number of hydrogen-bond acceptors (Lipinski definition) is 1. The van der Waals surface area contributed by atoms with Crippen molar-refractivity contribution in [3.63, 3.8) is 0 Å². The maximum atomic E-state index is 12.2. The Morgan fingerprint density at radius 3 is 2.33 bits per heavy atom. The lowest BCUT2D eigenvalue weighted by molar-refractivity contribution is -0.136. The fourth-order valence-corrected chi connectivity index (χ4v) is 1.61. The molecule has 0 aromatic heterocycles. The first-order valence-electron chi connectivity index (χ1n) is 4.52. The van der Waals surface area contributed by atoms with E-state index in [0.717, 1.165) is 5.56 Å². The predicted octanol–water partition coefficient (Wildman–Crippen LogP) is 3.09. The van der Waals surface area contributed by atoms with E-state index in [-0.39, 0.29) is 6.54 Å². The van der Waals surface area contributed by atoms with Crippen LogP contribution in [0.2, 0.25) is 5.02 Å². The first-order valence-corrected chi connectivity index (χ1v) is 4.90. The van der Waals surface area contributed by atoms with Gasteiger partial charge in [0, 0.05) is 18.1 Å². The minimum atomic E-state index is -4.09. The molecule has 0 saturated carbocycles. The minimum absolute atomic E-state index is 0.103. The van der Waals surface area contributed by atoms with Crippen molar-refractivity contribution in [2.45, 2.75) is 18.8 Å². The van der Waals surface area contributed by atoms with Crippen molar-refractivity contribution in [3.8, 4) is 0 Å². The van der Waals surface area contributed by atoms with Crippen LogP contribution in [0.25, 0.3) is 0 Å². The Morgan fingerprint density at radius 1 is 1.27 bits per heavy atom. The topological polar surface area (TPSA) is 3.01 Å². The second-order valence-corrected chi connectivity index (χ2v) is 4.05. The van der Waals surface area contributed by atoms with Gasteiger partial charge in [-0.25, -0.2) is 0 Å². The zero-order valence-corrected chi connectivity index (χ0v) is 8.52. The van der Waals surface area contributed by atoms with Gasteiger partial charge in [0.25, 0.3) is 0 Å². The largest absolute Gasteiger partial charge is 0.405 e. The summed E-state index contributed by atoms with van der Waals surface area (Å²) in [5.74, 6) is 0. The van der Waals surface area contributed by atoms with Crippen LogP contribution in [-0.2, 0) is 6.54 Å². The van der Waals surface area contributed by atoms with E-state index in [4.69, 9.17) is 11.6 Å². The van der Waals surface area contributed by atoms with E-state index < -0.39 is 12.2 Å². The van der Waals surface area contributed by atoms with Gasteiger partial charge < -0.3 is 0 Å². The van der Waals surface area contributed by atoms with Crippen LogP contribution in [0.5, 0.6) is 0 Å². The van der Waals surface area contributed by atoms with Crippen LogP contribution in [0.3, 0.4) is 0 Å². The average Bonchev–Trinajstić information content (AvgIpc) is 2.88. The zero-order chi connectivity index (χ0) is 11.1. The summed E-state index contributed by atoms with van der Waals surface area (Å²) in [5.41, 5.74) is 0.853. The molecule has 0 bridgehead atoms. The van der Waals surface area contributed by atoms with Crippen molar-refractivity contribution < 1.29 is 13.2 Å². The predicted molar refractivity (Wildman–Crippen MR) is 51.7 cm³/mol. The van der Waals surface area contributed by atoms with Gasteiger partial charge in [-0.05, 0) is 17.7 Å². The Morgan fingerprint density at radius 2 is 1.87 bits per heavy atom.